The highest BCUT2D eigenvalue weighted by Gasteiger charge is 2.18. The van der Waals surface area contributed by atoms with Crippen LogP contribution in [0, 0.1) is 0 Å². The first-order valence-electron chi connectivity index (χ1n) is 8.21. The summed E-state index contributed by atoms with van der Waals surface area (Å²) in [5.41, 5.74) is 0.729. The van der Waals surface area contributed by atoms with E-state index in [4.69, 9.17) is 4.74 Å². The standard InChI is InChI=1S/C18H19BrN2O4S/c19-14-6-8-17(9-7-14)26(23,24)21-15-4-1-3-13(11-15)18(22)20-16-5-2-10-25-12-16/h1,3-4,6-9,11,16,21H,2,5,10,12H2,(H,20,22). The van der Waals surface area contributed by atoms with E-state index in [9.17, 15) is 13.2 Å². The minimum absolute atomic E-state index is 0.0145. The SMILES string of the molecule is O=C(NC1CCCOC1)c1cccc(NS(=O)(=O)c2ccc(Br)cc2)c1. The highest BCUT2D eigenvalue weighted by molar-refractivity contribution is 9.10. The van der Waals surface area contributed by atoms with Crippen molar-refractivity contribution in [2.45, 2.75) is 23.8 Å². The average Bonchev–Trinajstić information content (AvgIpc) is 2.63. The lowest BCUT2D eigenvalue weighted by Gasteiger charge is -2.23. The number of amides is 1. The molecule has 1 saturated heterocycles. The molecule has 26 heavy (non-hydrogen) atoms. The van der Waals surface area contributed by atoms with Crippen molar-refractivity contribution in [1.29, 1.82) is 0 Å². The van der Waals surface area contributed by atoms with Crippen LogP contribution < -0.4 is 10.0 Å². The van der Waals surface area contributed by atoms with Crippen molar-refractivity contribution in [3.8, 4) is 0 Å². The van der Waals surface area contributed by atoms with E-state index in [1.807, 2.05) is 0 Å². The Kier molecular flexibility index (Phi) is 5.95. The fourth-order valence-corrected chi connectivity index (χ4v) is 3.99. The van der Waals surface area contributed by atoms with Gasteiger partial charge in [-0.3, -0.25) is 9.52 Å². The second-order valence-electron chi connectivity index (χ2n) is 6.03. The number of halogens is 1. The molecule has 0 spiro atoms. The van der Waals surface area contributed by atoms with Crippen LogP contribution in [0.4, 0.5) is 5.69 Å². The highest BCUT2D eigenvalue weighted by atomic mass is 79.9. The van der Waals surface area contributed by atoms with Crippen molar-refractivity contribution in [1.82, 2.24) is 5.32 Å². The predicted octanol–water partition coefficient (Wildman–Crippen LogP) is 3.16. The summed E-state index contributed by atoms with van der Waals surface area (Å²) in [6.07, 6.45) is 1.79. The van der Waals surface area contributed by atoms with E-state index in [0.29, 0.717) is 17.9 Å². The third kappa shape index (κ3) is 4.84. The normalized spacial score (nSPS) is 17.5. The van der Waals surface area contributed by atoms with Gasteiger partial charge in [0.1, 0.15) is 0 Å². The first-order valence-corrected chi connectivity index (χ1v) is 10.5. The van der Waals surface area contributed by atoms with Crippen LogP contribution in [0.3, 0.4) is 0 Å². The number of hydrogen-bond acceptors (Lipinski definition) is 4. The number of rotatable bonds is 5. The number of carbonyl (C=O) groups is 1. The van der Waals surface area contributed by atoms with Gasteiger partial charge in [-0.1, -0.05) is 22.0 Å². The van der Waals surface area contributed by atoms with Crippen molar-refractivity contribution >= 4 is 37.5 Å². The average molecular weight is 439 g/mol. The molecular formula is C18H19BrN2O4S. The van der Waals surface area contributed by atoms with Crippen molar-refractivity contribution in [3.05, 3.63) is 58.6 Å². The van der Waals surface area contributed by atoms with Crippen LogP contribution in [0.2, 0.25) is 0 Å². The Morgan fingerprint density at radius 2 is 1.92 bits per heavy atom. The molecule has 2 N–H and O–H groups in total. The molecule has 6 nitrogen and oxygen atoms in total. The van der Waals surface area contributed by atoms with Gasteiger partial charge in [-0.25, -0.2) is 8.42 Å². The number of sulfonamides is 1. The van der Waals surface area contributed by atoms with Crippen molar-refractivity contribution < 1.29 is 17.9 Å². The lowest BCUT2D eigenvalue weighted by atomic mass is 10.1. The van der Waals surface area contributed by atoms with Crippen LogP contribution in [-0.2, 0) is 14.8 Å². The van der Waals surface area contributed by atoms with Crippen LogP contribution in [0.5, 0.6) is 0 Å². The summed E-state index contributed by atoms with van der Waals surface area (Å²) in [5, 5.41) is 2.92. The topological polar surface area (TPSA) is 84.5 Å². The van der Waals surface area contributed by atoms with Crippen molar-refractivity contribution in [3.63, 3.8) is 0 Å². The largest absolute Gasteiger partial charge is 0.379 e. The molecule has 0 aromatic heterocycles. The van der Waals surface area contributed by atoms with Crippen molar-refractivity contribution in [2.24, 2.45) is 0 Å². The lowest BCUT2D eigenvalue weighted by molar-refractivity contribution is 0.0624. The van der Waals surface area contributed by atoms with E-state index < -0.39 is 10.0 Å². The van der Waals surface area contributed by atoms with Gasteiger partial charge >= 0.3 is 0 Å². The first kappa shape index (κ1) is 18.9. The Hall–Kier alpha value is -1.90. The zero-order valence-corrected chi connectivity index (χ0v) is 16.3. The minimum atomic E-state index is -3.72. The van der Waals surface area contributed by atoms with Crippen LogP contribution in [0.1, 0.15) is 23.2 Å². The second-order valence-corrected chi connectivity index (χ2v) is 8.63. The molecule has 1 amide bonds. The highest BCUT2D eigenvalue weighted by Crippen LogP contribution is 2.19. The van der Waals surface area contributed by atoms with Gasteiger partial charge < -0.3 is 10.1 Å². The van der Waals surface area contributed by atoms with Gasteiger partial charge in [0.05, 0.1) is 17.5 Å². The summed E-state index contributed by atoms with van der Waals surface area (Å²) in [5.74, 6) is -0.245. The van der Waals surface area contributed by atoms with Gasteiger partial charge in [0, 0.05) is 22.3 Å². The molecular weight excluding hydrogens is 420 g/mol. The molecule has 1 aliphatic heterocycles. The molecule has 2 aromatic carbocycles. The van der Waals surface area contributed by atoms with Gasteiger partial charge in [-0.05, 0) is 55.3 Å². The third-order valence-electron chi connectivity index (χ3n) is 4.00. The summed E-state index contributed by atoms with van der Waals surface area (Å²) < 4.78 is 33.6. The zero-order chi connectivity index (χ0) is 18.6. The molecule has 1 fully saturated rings. The lowest BCUT2D eigenvalue weighted by Crippen LogP contribution is -2.40. The molecule has 8 heteroatoms. The van der Waals surface area contributed by atoms with E-state index in [-0.39, 0.29) is 16.8 Å². The number of carbonyl (C=O) groups excluding carboxylic acids is 1. The molecule has 1 atom stereocenters. The molecule has 138 valence electrons. The Balaban J connectivity index is 1.72. The number of ether oxygens (including phenoxy) is 1. The first-order chi connectivity index (χ1) is 12.4. The van der Waals surface area contributed by atoms with Gasteiger partial charge in [0.15, 0.2) is 0 Å². The molecule has 2 aromatic rings. The second kappa shape index (κ2) is 8.20. The molecule has 1 unspecified atom stereocenters. The third-order valence-corrected chi connectivity index (χ3v) is 5.92. The Labute approximate surface area is 161 Å². The number of anilines is 1. The minimum Gasteiger partial charge on any atom is -0.379 e. The smallest absolute Gasteiger partial charge is 0.261 e. The molecule has 0 radical (unpaired) electrons. The Morgan fingerprint density at radius 3 is 2.62 bits per heavy atom. The van der Waals surface area contributed by atoms with Gasteiger partial charge in [0.25, 0.3) is 15.9 Å². The summed E-state index contributed by atoms with van der Waals surface area (Å²) in [6.45, 7) is 1.22. The van der Waals surface area contributed by atoms with E-state index in [1.165, 1.54) is 18.2 Å². The fraction of sp³-hybridized carbons (Fsp3) is 0.278. The maximum absolute atomic E-state index is 12.5. The summed E-state index contributed by atoms with van der Waals surface area (Å²) >= 11 is 3.28. The molecule has 1 heterocycles. The maximum atomic E-state index is 12.5. The summed E-state index contributed by atoms with van der Waals surface area (Å²) in [7, 11) is -3.72. The summed E-state index contributed by atoms with van der Waals surface area (Å²) in [4.78, 5) is 12.5. The quantitative estimate of drug-likeness (QED) is 0.750. The van der Waals surface area contributed by atoms with Crippen molar-refractivity contribution in [2.75, 3.05) is 17.9 Å². The molecule has 1 aliphatic rings. The molecule has 0 saturated carbocycles. The molecule has 0 bridgehead atoms. The summed E-state index contributed by atoms with van der Waals surface area (Å²) in [6, 6.07) is 12.7. The van der Waals surface area contributed by atoms with Crippen LogP contribution >= 0.6 is 15.9 Å². The molecule has 3 rings (SSSR count). The maximum Gasteiger partial charge on any atom is 0.261 e. The van der Waals surface area contributed by atoms with E-state index in [2.05, 4.69) is 26.0 Å². The fourth-order valence-electron chi connectivity index (χ4n) is 2.68. The van der Waals surface area contributed by atoms with Gasteiger partial charge in [-0.2, -0.15) is 0 Å². The van der Waals surface area contributed by atoms with Crippen LogP contribution in [0.15, 0.2) is 57.9 Å². The number of nitrogens with one attached hydrogen (secondary N) is 2. The van der Waals surface area contributed by atoms with Crippen LogP contribution in [0.25, 0.3) is 0 Å². The van der Waals surface area contributed by atoms with E-state index in [1.54, 1.807) is 30.3 Å². The predicted molar refractivity (Wildman–Crippen MR) is 103 cm³/mol. The number of benzene rings is 2. The Bertz CT molecular complexity index is 878. The van der Waals surface area contributed by atoms with Crippen LogP contribution in [-0.4, -0.2) is 33.6 Å². The number of hydrogen-bond donors (Lipinski definition) is 2. The van der Waals surface area contributed by atoms with E-state index >= 15 is 0 Å². The van der Waals surface area contributed by atoms with E-state index in [0.717, 1.165) is 23.9 Å². The zero-order valence-electron chi connectivity index (χ0n) is 13.9. The molecule has 0 aliphatic carbocycles. The van der Waals surface area contributed by atoms with Gasteiger partial charge in [-0.15, -0.1) is 0 Å². The van der Waals surface area contributed by atoms with Gasteiger partial charge in [0.2, 0.25) is 0 Å². The monoisotopic (exact) mass is 438 g/mol. The Morgan fingerprint density at radius 1 is 1.15 bits per heavy atom.